The molecule has 1 aromatic carbocycles. The van der Waals surface area contributed by atoms with Gasteiger partial charge < -0.3 is 4.89 Å². The molecule has 0 amide bonds. The van der Waals surface area contributed by atoms with E-state index in [1.165, 1.54) is 5.56 Å². The van der Waals surface area contributed by atoms with Gasteiger partial charge in [-0.25, -0.2) is 5.26 Å². The molecule has 0 unspecified atom stereocenters. The molecule has 0 saturated heterocycles. The summed E-state index contributed by atoms with van der Waals surface area (Å²) in [4.78, 5) is 4.20. The Morgan fingerprint density at radius 3 is 2.91 bits per heavy atom. The summed E-state index contributed by atoms with van der Waals surface area (Å²) >= 11 is 0. The van der Waals surface area contributed by atoms with Gasteiger partial charge >= 0.3 is 0 Å². The van der Waals surface area contributed by atoms with Crippen LogP contribution in [-0.4, -0.2) is 5.26 Å². The Hall–Kier alpha value is -1.28. The first-order valence-corrected chi connectivity index (χ1v) is 3.51. The van der Waals surface area contributed by atoms with Crippen LogP contribution in [0, 0.1) is 0 Å². The van der Waals surface area contributed by atoms with Crippen LogP contribution in [0.3, 0.4) is 0 Å². The van der Waals surface area contributed by atoms with Gasteiger partial charge in [-0.1, -0.05) is 24.3 Å². The van der Waals surface area contributed by atoms with Crippen molar-refractivity contribution in [2.75, 3.05) is 0 Å². The van der Waals surface area contributed by atoms with E-state index in [9.17, 15) is 0 Å². The lowest BCUT2D eigenvalue weighted by molar-refractivity contribution is -0.170. The molecule has 2 heteroatoms. The maximum Gasteiger partial charge on any atom is 0.168 e. The fourth-order valence-corrected chi connectivity index (χ4v) is 1.34. The van der Waals surface area contributed by atoms with Gasteiger partial charge in [0.25, 0.3) is 0 Å². The third-order valence-electron chi connectivity index (χ3n) is 1.89. The summed E-state index contributed by atoms with van der Waals surface area (Å²) in [5.41, 5.74) is 2.20. The monoisotopic (exact) mass is 148 g/mol. The molecule has 0 aliphatic heterocycles. The van der Waals surface area contributed by atoms with E-state index in [4.69, 9.17) is 5.26 Å². The average molecular weight is 148 g/mol. The van der Waals surface area contributed by atoms with Gasteiger partial charge in [0.05, 0.1) is 0 Å². The van der Waals surface area contributed by atoms with Crippen LogP contribution in [0.25, 0.3) is 5.76 Å². The van der Waals surface area contributed by atoms with E-state index in [0.717, 1.165) is 12.0 Å². The molecular weight excluding hydrogens is 140 g/mol. The summed E-state index contributed by atoms with van der Waals surface area (Å²) in [7, 11) is 0. The zero-order valence-electron chi connectivity index (χ0n) is 5.95. The highest BCUT2D eigenvalue weighted by Gasteiger charge is 2.13. The van der Waals surface area contributed by atoms with Gasteiger partial charge in [-0.2, -0.15) is 0 Å². The quantitative estimate of drug-likeness (QED) is 0.488. The third-order valence-corrected chi connectivity index (χ3v) is 1.89. The minimum atomic E-state index is 0.570. The first kappa shape index (κ1) is 6.43. The van der Waals surface area contributed by atoms with Crippen molar-refractivity contribution in [3.8, 4) is 0 Å². The average Bonchev–Trinajstić information content (AvgIpc) is 2.47. The summed E-state index contributed by atoms with van der Waals surface area (Å²) in [5.74, 6) is 0.570. The topological polar surface area (TPSA) is 29.5 Å². The van der Waals surface area contributed by atoms with E-state index < -0.39 is 0 Å². The Balaban J connectivity index is 2.48. The predicted octanol–water partition coefficient (Wildman–Crippen LogP) is 2.07. The van der Waals surface area contributed by atoms with Crippen molar-refractivity contribution in [1.82, 2.24) is 0 Å². The molecular formula is C9H8O2. The molecule has 11 heavy (non-hydrogen) atoms. The number of rotatable bonds is 1. The van der Waals surface area contributed by atoms with Crippen LogP contribution in [0.1, 0.15) is 11.1 Å². The summed E-state index contributed by atoms with van der Waals surface area (Å²) in [5, 5.41) is 8.44. The van der Waals surface area contributed by atoms with Crippen molar-refractivity contribution < 1.29 is 10.1 Å². The molecule has 56 valence electrons. The molecule has 1 aliphatic rings. The SMILES string of the molecule is OOC1=CCc2ccccc21. The van der Waals surface area contributed by atoms with Gasteiger partial charge in [0.1, 0.15) is 0 Å². The number of benzene rings is 1. The molecule has 0 fully saturated rings. The van der Waals surface area contributed by atoms with Crippen molar-refractivity contribution in [3.63, 3.8) is 0 Å². The molecule has 1 N–H and O–H groups in total. The van der Waals surface area contributed by atoms with Crippen LogP contribution in [0.2, 0.25) is 0 Å². The third kappa shape index (κ3) is 0.917. The normalized spacial score (nSPS) is 14.1. The molecule has 0 atom stereocenters. The van der Waals surface area contributed by atoms with Crippen LogP contribution < -0.4 is 0 Å². The highest BCUT2D eigenvalue weighted by molar-refractivity contribution is 5.67. The predicted molar refractivity (Wildman–Crippen MR) is 41.8 cm³/mol. The molecule has 0 heterocycles. The highest BCUT2D eigenvalue weighted by atomic mass is 17.1. The number of hydrogen-bond donors (Lipinski definition) is 1. The molecule has 2 nitrogen and oxygen atoms in total. The van der Waals surface area contributed by atoms with E-state index in [-0.39, 0.29) is 0 Å². The van der Waals surface area contributed by atoms with Crippen LogP contribution >= 0.6 is 0 Å². The van der Waals surface area contributed by atoms with Crippen LogP contribution in [0.4, 0.5) is 0 Å². The maximum absolute atomic E-state index is 8.44. The van der Waals surface area contributed by atoms with Crippen molar-refractivity contribution in [2.24, 2.45) is 0 Å². The maximum atomic E-state index is 8.44. The van der Waals surface area contributed by atoms with Gasteiger partial charge in [0, 0.05) is 5.56 Å². The molecule has 0 saturated carbocycles. The summed E-state index contributed by atoms with van der Waals surface area (Å²) in [6, 6.07) is 7.87. The van der Waals surface area contributed by atoms with Crippen LogP contribution in [0.5, 0.6) is 0 Å². The molecule has 2 rings (SSSR count). The van der Waals surface area contributed by atoms with Gasteiger partial charge in [0.2, 0.25) is 0 Å². The molecule has 0 bridgehead atoms. The Morgan fingerprint density at radius 1 is 1.27 bits per heavy atom. The van der Waals surface area contributed by atoms with Crippen LogP contribution in [0.15, 0.2) is 30.3 Å². The molecule has 1 aromatic rings. The highest BCUT2D eigenvalue weighted by Crippen LogP contribution is 2.26. The summed E-state index contributed by atoms with van der Waals surface area (Å²) < 4.78 is 0. The van der Waals surface area contributed by atoms with Crippen LogP contribution in [-0.2, 0) is 11.3 Å². The van der Waals surface area contributed by atoms with E-state index in [0.29, 0.717) is 5.76 Å². The summed E-state index contributed by atoms with van der Waals surface area (Å²) in [6.07, 6.45) is 2.72. The molecule has 0 radical (unpaired) electrons. The largest absolute Gasteiger partial charge is 0.340 e. The Morgan fingerprint density at radius 2 is 2.09 bits per heavy atom. The van der Waals surface area contributed by atoms with Crippen molar-refractivity contribution >= 4 is 5.76 Å². The van der Waals surface area contributed by atoms with E-state index in [2.05, 4.69) is 4.89 Å². The van der Waals surface area contributed by atoms with E-state index >= 15 is 0 Å². The smallest absolute Gasteiger partial charge is 0.168 e. The van der Waals surface area contributed by atoms with Gasteiger partial charge in [-0.05, 0) is 18.1 Å². The number of allylic oxidation sites excluding steroid dienone is 1. The van der Waals surface area contributed by atoms with Gasteiger partial charge in [-0.3, -0.25) is 0 Å². The number of fused-ring (bicyclic) bond motifs is 1. The zero-order chi connectivity index (χ0) is 7.68. The second kappa shape index (κ2) is 2.40. The standard InChI is InChI=1S/C9H8O2/c10-11-9-6-5-7-3-1-2-4-8(7)9/h1-4,6,10H,5H2. The van der Waals surface area contributed by atoms with Gasteiger partial charge in [0.15, 0.2) is 5.76 Å². The Kier molecular flexibility index (Phi) is 1.40. The van der Waals surface area contributed by atoms with Gasteiger partial charge in [-0.15, -0.1) is 0 Å². The molecule has 0 spiro atoms. The van der Waals surface area contributed by atoms with E-state index in [1.807, 2.05) is 30.3 Å². The Bertz CT molecular complexity index is 302. The van der Waals surface area contributed by atoms with E-state index in [1.54, 1.807) is 0 Å². The summed E-state index contributed by atoms with van der Waals surface area (Å²) in [6.45, 7) is 0. The van der Waals surface area contributed by atoms with Crippen molar-refractivity contribution in [1.29, 1.82) is 0 Å². The lowest BCUT2D eigenvalue weighted by Gasteiger charge is -1.99. The first-order chi connectivity index (χ1) is 5.42. The fourth-order valence-electron chi connectivity index (χ4n) is 1.34. The zero-order valence-corrected chi connectivity index (χ0v) is 5.95. The lowest BCUT2D eigenvalue weighted by atomic mass is 10.1. The van der Waals surface area contributed by atoms with Crippen molar-refractivity contribution in [3.05, 3.63) is 41.5 Å². The minimum Gasteiger partial charge on any atom is -0.340 e. The Labute approximate surface area is 64.7 Å². The molecule has 0 aromatic heterocycles. The van der Waals surface area contributed by atoms with Crippen molar-refractivity contribution in [2.45, 2.75) is 6.42 Å². The number of hydrogen-bond acceptors (Lipinski definition) is 2. The second-order valence-corrected chi connectivity index (χ2v) is 2.52. The molecule has 1 aliphatic carbocycles. The minimum absolute atomic E-state index is 0.570. The lowest BCUT2D eigenvalue weighted by Crippen LogP contribution is -1.84. The first-order valence-electron chi connectivity index (χ1n) is 3.51. The second-order valence-electron chi connectivity index (χ2n) is 2.52. The fraction of sp³-hybridized carbons (Fsp3) is 0.111.